The van der Waals surface area contributed by atoms with Crippen LogP contribution in [-0.2, 0) is 27.2 Å². The average Bonchev–Trinajstić information content (AvgIpc) is 2.59. The molecule has 1 unspecified atom stereocenters. The average molecular weight is 348 g/mol. The second kappa shape index (κ2) is 7.68. The minimum atomic E-state index is -0.540. The van der Waals surface area contributed by atoms with Crippen LogP contribution in [0.4, 0.5) is 5.82 Å². The summed E-state index contributed by atoms with van der Waals surface area (Å²) in [5.74, 6) is 1.05. The number of carbonyl (C=O) groups excluding carboxylic acids is 1. The second-order valence-electron chi connectivity index (χ2n) is 6.98. The molecule has 0 spiro atoms. The summed E-state index contributed by atoms with van der Waals surface area (Å²) < 4.78 is 10.9. The zero-order valence-corrected chi connectivity index (χ0v) is 15.5. The van der Waals surface area contributed by atoms with Gasteiger partial charge in [-0.2, -0.15) is 0 Å². The minimum Gasteiger partial charge on any atom is -0.367 e. The third-order valence-electron chi connectivity index (χ3n) is 4.97. The number of carbonyl (C=O) groups is 1. The Bertz CT molecular complexity index is 633. The van der Waals surface area contributed by atoms with E-state index in [1.165, 1.54) is 5.56 Å². The molecule has 1 aromatic heterocycles. The standard InChI is InChI=1S/C18H28N4O3/c1-12-5-6-13-9-14(10-22-8-7-21(2)11-15(22)23)16(18(24-3)25-4)20-17(13)19-12/h9,12,18H,5-8,10-11H2,1-4H3,(H,19,20). The van der Waals surface area contributed by atoms with Crippen molar-refractivity contribution in [1.82, 2.24) is 14.8 Å². The summed E-state index contributed by atoms with van der Waals surface area (Å²) >= 11 is 0. The SMILES string of the molecule is COC(OC)c1nc2c(cc1CN1CCN(C)CC1=O)CCC(C)N2. The fraction of sp³-hybridized carbons (Fsp3) is 0.667. The highest BCUT2D eigenvalue weighted by atomic mass is 16.7. The molecule has 1 saturated heterocycles. The molecule has 2 aliphatic heterocycles. The number of fused-ring (bicyclic) bond motifs is 1. The number of hydrogen-bond acceptors (Lipinski definition) is 6. The number of rotatable bonds is 5. The quantitative estimate of drug-likeness (QED) is 0.811. The van der Waals surface area contributed by atoms with Gasteiger partial charge in [-0.25, -0.2) is 4.98 Å². The number of ether oxygens (including phenoxy) is 2. The third kappa shape index (κ3) is 3.94. The van der Waals surface area contributed by atoms with Crippen molar-refractivity contribution in [2.45, 2.75) is 38.6 Å². The molecule has 0 radical (unpaired) electrons. The van der Waals surface area contributed by atoms with E-state index in [4.69, 9.17) is 14.5 Å². The molecule has 25 heavy (non-hydrogen) atoms. The molecule has 0 aromatic carbocycles. The predicted octanol–water partition coefficient (Wildman–Crippen LogP) is 1.39. The summed E-state index contributed by atoms with van der Waals surface area (Å²) in [6.07, 6.45) is 1.53. The van der Waals surface area contributed by atoms with Crippen LogP contribution in [0.25, 0.3) is 0 Å². The van der Waals surface area contributed by atoms with Crippen molar-refractivity contribution >= 4 is 11.7 Å². The Kier molecular flexibility index (Phi) is 5.56. The van der Waals surface area contributed by atoms with Gasteiger partial charge in [0.1, 0.15) is 11.5 Å². The fourth-order valence-electron chi connectivity index (χ4n) is 3.46. The molecule has 7 heteroatoms. The number of piperazine rings is 1. The van der Waals surface area contributed by atoms with Gasteiger partial charge < -0.3 is 19.7 Å². The van der Waals surface area contributed by atoms with Crippen LogP contribution in [0, 0.1) is 0 Å². The van der Waals surface area contributed by atoms with Crippen LogP contribution in [0.2, 0.25) is 0 Å². The first-order valence-corrected chi connectivity index (χ1v) is 8.83. The van der Waals surface area contributed by atoms with E-state index in [9.17, 15) is 4.79 Å². The summed E-state index contributed by atoms with van der Waals surface area (Å²) in [6.45, 7) is 4.78. The summed E-state index contributed by atoms with van der Waals surface area (Å²) in [7, 11) is 5.19. The van der Waals surface area contributed by atoms with Crippen molar-refractivity contribution in [2.24, 2.45) is 0 Å². The van der Waals surface area contributed by atoms with Crippen LogP contribution in [0.15, 0.2) is 6.07 Å². The van der Waals surface area contributed by atoms with E-state index >= 15 is 0 Å². The lowest BCUT2D eigenvalue weighted by Gasteiger charge is -2.33. The lowest BCUT2D eigenvalue weighted by molar-refractivity contribution is -0.136. The first-order chi connectivity index (χ1) is 12.0. The maximum absolute atomic E-state index is 12.4. The number of amides is 1. The van der Waals surface area contributed by atoms with E-state index in [1.54, 1.807) is 14.2 Å². The van der Waals surface area contributed by atoms with E-state index in [2.05, 4.69) is 18.3 Å². The molecule has 138 valence electrons. The number of aryl methyl sites for hydroxylation is 1. The molecule has 7 nitrogen and oxygen atoms in total. The highest BCUT2D eigenvalue weighted by Crippen LogP contribution is 2.30. The summed E-state index contributed by atoms with van der Waals surface area (Å²) in [4.78, 5) is 21.1. The van der Waals surface area contributed by atoms with Crippen molar-refractivity contribution in [3.05, 3.63) is 22.9 Å². The summed E-state index contributed by atoms with van der Waals surface area (Å²) in [6, 6.07) is 2.56. The van der Waals surface area contributed by atoms with Gasteiger partial charge in [0.05, 0.1) is 6.54 Å². The first kappa shape index (κ1) is 18.1. The molecule has 3 rings (SSSR count). The highest BCUT2D eigenvalue weighted by molar-refractivity contribution is 5.79. The number of pyridine rings is 1. The van der Waals surface area contributed by atoms with Crippen molar-refractivity contribution < 1.29 is 14.3 Å². The van der Waals surface area contributed by atoms with E-state index in [1.807, 2.05) is 16.8 Å². The van der Waals surface area contributed by atoms with Gasteiger partial charge >= 0.3 is 0 Å². The Balaban J connectivity index is 1.92. The summed E-state index contributed by atoms with van der Waals surface area (Å²) in [5, 5.41) is 3.44. The van der Waals surface area contributed by atoms with Gasteiger partial charge in [0, 0.05) is 39.9 Å². The number of nitrogens with one attached hydrogen (secondary N) is 1. The van der Waals surface area contributed by atoms with Crippen molar-refractivity contribution in [1.29, 1.82) is 0 Å². The number of likely N-dealkylation sites (N-methyl/N-ethyl adjacent to an activating group) is 1. The molecule has 2 aliphatic rings. The number of aromatic nitrogens is 1. The number of anilines is 1. The van der Waals surface area contributed by atoms with Gasteiger partial charge in [0.15, 0.2) is 0 Å². The molecule has 0 aliphatic carbocycles. The van der Waals surface area contributed by atoms with Gasteiger partial charge in [-0.15, -0.1) is 0 Å². The lowest BCUT2D eigenvalue weighted by atomic mass is 9.99. The van der Waals surface area contributed by atoms with Gasteiger partial charge in [-0.05, 0) is 44.0 Å². The third-order valence-corrected chi connectivity index (χ3v) is 4.97. The molecular weight excluding hydrogens is 320 g/mol. The second-order valence-corrected chi connectivity index (χ2v) is 6.98. The molecule has 1 N–H and O–H groups in total. The predicted molar refractivity (Wildman–Crippen MR) is 95.3 cm³/mol. The smallest absolute Gasteiger partial charge is 0.237 e. The Morgan fingerprint density at radius 1 is 1.36 bits per heavy atom. The minimum absolute atomic E-state index is 0.149. The molecule has 0 bridgehead atoms. The van der Waals surface area contributed by atoms with Gasteiger partial charge in [-0.3, -0.25) is 9.69 Å². The van der Waals surface area contributed by atoms with E-state index < -0.39 is 6.29 Å². The lowest BCUT2D eigenvalue weighted by Crippen LogP contribution is -2.48. The van der Waals surface area contributed by atoms with Gasteiger partial charge in [-0.1, -0.05) is 0 Å². The Labute approximate surface area is 149 Å². The molecule has 1 aromatic rings. The van der Waals surface area contributed by atoms with E-state index in [-0.39, 0.29) is 5.91 Å². The molecule has 1 fully saturated rings. The normalized spacial score (nSPS) is 21.4. The molecular formula is C18H28N4O3. The van der Waals surface area contributed by atoms with Crippen LogP contribution in [0.1, 0.15) is 36.5 Å². The van der Waals surface area contributed by atoms with Crippen molar-refractivity contribution in [3.8, 4) is 0 Å². The first-order valence-electron chi connectivity index (χ1n) is 8.83. The summed E-state index contributed by atoms with van der Waals surface area (Å²) in [5.41, 5.74) is 2.95. The topological polar surface area (TPSA) is 66.9 Å². The number of hydrogen-bond donors (Lipinski definition) is 1. The van der Waals surface area contributed by atoms with Crippen LogP contribution in [0.3, 0.4) is 0 Å². The highest BCUT2D eigenvalue weighted by Gasteiger charge is 2.27. The van der Waals surface area contributed by atoms with Gasteiger partial charge in [0.25, 0.3) is 0 Å². The Hall–Kier alpha value is -1.70. The van der Waals surface area contributed by atoms with E-state index in [0.717, 1.165) is 43.0 Å². The molecule has 3 heterocycles. The van der Waals surface area contributed by atoms with Crippen LogP contribution in [0.5, 0.6) is 0 Å². The maximum atomic E-state index is 12.4. The van der Waals surface area contributed by atoms with Crippen LogP contribution in [-0.4, -0.2) is 67.6 Å². The van der Waals surface area contributed by atoms with Crippen molar-refractivity contribution in [3.63, 3.8) is 0 Å². The fourth-order valence-corrected chi connectivity index (χ4v) is 3.46. The van der Waals surface area contributed by atoms with Crippen LogP contribution >= 0.6 is 0 Å². The monoisotopic (exact) mass is 348 g/mol. The van der Waals surface area contributed by atoms with E-state index in [0.29, 0.717) is 19.1 Å². The van der Waals surface area contributed by atoms with Gasteiger partial charge in [0.2, 0.25) is 12.2 Å². The zero-order valence-electron chi connectivity index (χ0n) is 15.5. The largest absolute Gasteiger partial charge is 0.367 e. The number of nitrogens with zero attached hydrogens (tertiary/aromatic N) is 3. The maximum Gasteiger partial charge on any atom is 0.237 e. The Morgan fingerprint density at radius 2 is 2.12 bits per heavy atom. The number of methoxy groups -OCH3 is 2. The van der Waals surface area contributed by atoms with Crippen molar-refractivity contribution in [2.75, 3.05) is 46.2 Å². The molecule has 1 atom stereocenters. The zero-order chi connectivity index (χ0) is 18.0. The molecule has 1 amide bonds. The van der Waals surface area contributed by atoms with Crippen LogP contribution < -0.4 is 5.32 Å². The Morgan fingerprint density at radius 3 is 2.80 bits per heavy atom. The molecule has 0 saturated carbocycles.